The Labute approximate surface area is 194 Å². The monoisotopic (exact) mass is 459 g/mol. The van der Waals surface area contributed by atoms with Gasteiger partial charge in [-0.1, -0.05) is 0 Å². The number of aromatic nitrogens is 1. The first-order chi connectivity index (χ1) is 16.6. The Morgan fingerprint density at radius 3 is 2.65 bits per heavy atom. The van der Waals surface area contributed by atoms with Gasteiger partial charge in [-0.25, -0.2) is 4.39 Å². The zero-order valence-electron chi connectivity index (χ0n) is 18.5. The molecule has 2 aliphatic heterocycles. The molecule has 34 heavy (non-hydrogen) atoms. The van der Waals surface area contributed by atoms with Crippen molar-refractivity contribution in [3.05, 3.63) is 65.8 Å². The van der Waals surface area contributed by atoms with Crippen molar-refractivity contribution in [2.75, 3.05) is 20.2 Å². The first-order valence-electron chi connectivity index (χ1n) is 11.2. The summed E-state index contributed by atoms with van der Waals surface area (Å²) in [5, 5.41) is 7.15. The van der Waals surface area contributed by atoms with Crippen LogP contribution < -0.4 is 15.4 Å². The average Bonchev–Trinajstić information content (AvgIpc) is 3.54. The third-order valence-corrected chi connectivity index (χ3v) is 6.76. The summed E-state index contributed by atoms with van der Waals surface area (Å²) < 4.78 is 28.3. The predicted octanol–water partition coefficient (Wildman–Crippen LogP) is 4.03. The fraction of sp³-hybridized carbons (Fsp3) is 0.231. The third kappa shape index (κ3) is 3.06. The lowest BCUT2D eigenvalue weighted by Gasteiger charge is -2.25. The molecule has 172 valence electrons. The molecule has 1 fully saturated rings. The molecule has 8 heteroatoms. The number of ether oxygens (including phenoxy) is 1. The summed E-state index contributed by atoms with van der Waals surface area (Å²) >= 11 is 0. The van der Waals surface area contributed by atoms with Gasteiger partial charge in [0.15, 0.2) is 0 Å². The quantitative estimate of drug-likeness (QED) is 0.450. The summed E-state index contributed by atoms with van der Waals surface area (Å²) in [7, 11) is 1.58. The highest BCUT2D eigenvalue weighted by Crippen LogP contribution is 2.41. The predicted molar refractivity (Wildman–Crippen MR) is 126 cm³/mol. The normalized spacial score (nSPS) is 17.2. The number of carbonyl (C=O) groups excluding carboxylic acids is 2. The van der Waals surface area contributed by atoms with Crippen LogP contribution in [-0.2, 0) is 9.59 Å². The van der Waals surface area contributed by atoms with E-state index in [1.807, 2.05) is 24.4 Å². The molecule has 0 radical (unpaired) electrons. The average molecular weight is 459 g/mol. The van der Waals surface area contributed by atoms with Crippen LogP contribution >= 0.6 is 0 Å². The molecule has 2 N–H and O–H groups in total. The van der Waals surface area contributed by atoms with Crippen molar-refractivity contribution in [2.45, 2.75) is 18.9 Å². The maximum atomic E-state index is 15.1. The SMILES string of the molecule is COc1ccc2c(c1)c(C1=C(c3c(F)ccc4ccoc34)C(=O)NC1=O)cn2C1CCNCC1. The minimum absolute atomic E-state index is 0.00786. The van der Waals surface area contributed by atoms with Gasteiger partial charge in [0.25, 0.3) is 11.8 Å². The number of nitrogens with one attached hydrogen (secondary N) is 2. The number of carbonyl (C=O) groups is 2. The van der Waals surface area contributed by atoms with Crippen molar-refractivity contribution in [3.63, 3.8) is 0 Å². The Kier molecular flexibility index (Phi) is 4.77. The van der Waals surface area contributed by atoms with Crippen molar-refractivity contribution < 1.29 is 23.1 Å². The van der Waals surface area contributed by atoms with Crippen molar-refractivity contribution in [3.8, 4) is 5.75 Å². The summed E-state index contributed by atoms with van der Waals surface area (Å²) in [6.45, 7) is 1.79. The number of imide groups is 1. The van der Waals surface area contributed by atoms with E-state index in [4.69, 9.17) is 9.15 Å². The lowest BCUT2D eigenvalue weighted by Crippen LogP contribution is -2.29. The zero-order valence-corrected chi connectivity index (χ0v) is 18.5. The van der Waals surface area contributed by atoms with E-state index in [9.17, 15) is 9.59 Å². The van der Waals surface area contributed by atoms with Gasteiger partial charge in [0, 0.05) is 34.1 Å². The van der Waals surface area contributed by atoms with Crippen molar-refractivity contribution in [2.24, 2.45) is 0 Å². The molecule has 0 saturated carbocycles. The molecule has 0 spiro atoms. The van der Waals surface area contributed by atoms with E-state index in [-0.39, 0.29) is 28.3 Å². The van der Waals surface area contributed by atoms with Crippen LogP contribution in [0, 0.1) is 5.82 Å². The number of benzene rings is 2. The molecule has 2 aliphatic rings. The molecule has 7 nitrogen and oxygen atoms in total. The summed E-state index contributed by atoms with van der Waals surface area (Å²) in [5.41, 5.74) is 1.84. The highest BCUT2D eigenvalue weighted by Gasteiger charge is 2.37. The zero-order chi connectivity index (χ0) is 23.4. The minimum Gasteiger partial charge on any atom is -0.497 e. The van der Waals surface area contributed by atoms with Gasteiger partial charge in [0.2, 0.25) is 0 Å². The van der Waals surface area contributed by atoms with Gasteiger partial charge in [-0.15, -0.1) is 0 Å². The van der Waals surface area contributed by atoms with E-state index >= 15 is 4.39 Å². The van der Waals surface area contributed by atoms with Gasteiger partial charge in [0.1, 0.15) is 17.1 Å². The Morgan fingerprint density at radius 1 is 1.06 bits per heavy atom. The molecule has 1 saturated heterocycles. The number of amides is 2. The Hall–Kier alpha value is -3.91. The summed E-state index contributed by atoms with van der Waals surface area (Å²) in [5.74, 6) is -1.20. The molecule has 2 aromatic heterocycles. The Bertz CT molecular complexity index is 1510. The van der Waals surface area contributed by atoms with Crippen molar-refractivity contribution in [1.29, 1.82) is 0 Å². The highest BCUT2D eigenvalue weighted by molar-refractivity contribution is 6.50. The number of rotatable bonds is 4. The van der Waals surface area contributed by atoms with E-state index in [0.717, 1.165) is 36.8 Å². The second-order valence-electron chi connectivity index (χ2n) is 8.61. The van der Waals surface area contributed by atoms with Crippen molar-refractivity contribution in [1.82, 2.24) is 15.2 Å². The first kappa shape index (κ1) is 20.7. The van der Waals surface area contributed by atoms with Crippen LogP contribution in [0.25, 0.3) is 33.0 Å². The van der Waals surface area contributed by atoms with Gasteiger partial charge < -0.3 is 19.0 Å². The van der Waals surface area contributed by atoms with E-state index < -0.39 is 17.6 Å². The number of piperidine rings is 1. The van der Waals surface area contributed by atoms with Gasteiger partial charge >= 0.3 is 0 Å². The molecular formula is C26H22FN3O4. The second kappa shape index (κ2) is 7.85. The molecule has 0 unspecified atom stereocenters. The molecule has 2 aromatic carbocycles. The van der Waals surface area contributed by atoms with E-state index in [1.54, 1.807) is 19.2 Å². The highest BCUT2D eigenvalue weighted by atomic mass is 19.1. The molecular weight excluding hydrogens is 437 g/mol. The Morgan fingerprint density at radius 2 is 1.85 bits per heavy atom. The van der Waals surface area contributed by atoms with Crippen molar-refractivity contribution >= 4 is 44.8 Å². The number of nitrogens with zero attached hydrogens (tertiary/aromatic N) is 1. The minimum atomic E-state index is -0.645. The molecule has 0 aliphatic carbocycles. The number of fused-ring (bicyclic) bond motifs is 2. The number of halogens is 1. The first-order valence-corrected chi connectivity index (χ1v) is 11.2. The van der Waals surface area contributed by atoms with Gasteiger partial charge in [-0.05, 0) is 62.3 Å². The van der Waals surface area contributed by atoms with E-state index in [2.05, 4.69) is 15.2 Å². The largest absolute Gasteiger partial charge is 0.497 e. The fourth-order valence-corrected chi connectivity index (χ4v) is 5.14. The van der Waals surface area contributed by atoms with Gasteiger partial charge in [0.05, 0.1) is 30.1 Å². The lowest BCUT2D eigenvalue weighted by atomic mass is 9.94. The smallest absolute Gasteiger partial charge is 0.259 e. The van der Waals surface area contributed by atoms with Crippen LogP contribution in [-0.4, -0.2) is 36.6 Å². The summed E-state index contributed by atoms with van der Waals surface area (Å²) in [4.78, 5) is 26.2. The van der Waals surface area contributed by atoms with Gasteiger partial charge in [-0.3, -0.25) is 14.9 Å². The topological polar surface area (TPSA) is 85.5 Å². The van der Waals surface area contributed by atoms with Crippen LogP contribution in [0.2, 0.25) is 0 Å². The maximum absolute atomic E-state index is 15.1. The van der Waals surface area contributed by atoms with Crippen LogP contribution in [0.5, 0.6) is 5.75 Å². The molecule has 6 rings (SSSR count). The molecule has 4 heterocycles. The molecule has 2 amide bonds. The molecule has 0 atom stereocenters. The fourth-order valence-electron chi connectivity index (χ4n) is 5.14. The summed E-state index contributed by atoms with van der Waals surface area (Å²) in [6, 6.07) is 10.5. The van der Waals surface area contributed by atoms with E-state index in [1.165, 1.54) is 12.3 Å². The van der Waals surface area contributed by atoms with Gasteiger partial charge in [-0.2, -0.15) is 0 Å². The maximum Gasteiger partial charge on any atom is 0.259 e. The number of hydrogen-bond acceptors (Lipinski definition) is 5. The second-order valence-corrected chi connectivity index (χ2v) is 8.61. The Balaban J connectivity index is 1.66. The molecule has 4 aromatic rings. The standard InChI is InChI=1S/C26H22FN3O4/c1-33-16-3-5-20-17(12-16)18(13-30(20)15-6-9-28-10-7-15)21-23(26(32)29-25(21)31)22-19(27)4-2-14-8-11-34-24(14)22/h2-5,8,11-13,15,28H,6-7,9-10H2,1H3,(H,29,31,32). The molecule has 0 bridgehead atoms. The number of furan rings is 1. The van der Waals surface area contributed by atoms with E-state index in [0.29, 0.717) is 16.7 Å². The van der Waals surface area contributed by atoms with Crippen LogP contribution in [0.3, 0.4) is 0 Å². The van der Waals surface area contributed by atoms with Crippen LogP contribution in [0.4, 0.5) is 4.39 Å². The summed E-state index contributed by atoms with van der Waals surface area (Å²) in [6.07, 6.45) is 5.23. The number of hydrogen-bond donors (Lipinski definition) is 2. The van der Waals surface area contributed by atoms with Crippen LogP contribution in [0.15, 0.2) is 53.3 Å². The third-order valence-electron chi connectivity index (χ3n) is 6.76. The number of methoxy groups -OCH3 is 1. The van der Waals surface area contributed by atoms with Crippen LogP contribution in [0.1, 0.15) is 30.0 Å². The lowest BCUT2D eigenvalue weighted by molar-refractivity contribution is -0.122.